The Labute approximate surface area is 142 Å². The first kappa shape index (κ1) is 16.5. The molecule has 1 aromatic carbocycles. The number of hydrogen-bond donors (Lipinski definition) is 2. The molecule has 3 rings (SSSR count). The van der Waals surface area contributed by atoms with Crippen molar-refractivity contribution in [3.05, 3.63) is 47.7 Å². The number of carbonyl (C=O) groups is 1. The van der Waals surface area contributed by atoms with Crippen LogP contribution >= 0.6 is 0 Å². The summed E-state index contributed by atoms with van der Waals surface area (Å²) in [6.07, 6.45) is 4.24. The molecule has 0 atom stereocenters. The molecule has 0 spiro atoms. The van der Waals surface area contributed by atoms with Gasteiger partial charge in [0.2, 0.25) is 0 Å². The lowest BCUT2D eigenvalue weighted by Crippen LogP contribution is -2.32. The zero-order valence-electron chi connectivity index (χ0n) is 14.0. The summed E-state index contributed by atoms with van der Waals surface area (Å²) in [6, 6.07) is 10.1. The molecule has 4 N–H and O–H groups in total. The molecule has 5 heteroatoms. The molecule has 1 fully saturated rings. The second kappa shape index (κ2) is 7.01. The molecule has 1 aliphatic rings. The van der Waals surface area contributed by atoms with Crippen LogP contribution in [0.5, 0.6) is 0 Å². The lowest BCUT2D eigenvalue weighted by atomic mass is 9.98. The third-order valence-corrected chi connectivity index (χ3v) is 4.75. The smallest absolute Gasteiger partial charge is 0.252 e. The van der Waals surface area contributed by atoms with Crippen molar-refractivity contribution in [2.45, 2.75) is 26.3 Å². The third-order valence-electron chi connectivity index (χ3n) is 4.75. The monoisotopic (exact) mass is 324 g/mol. The van der Waals surface area contributed by atoms with E-state index >= 15 is 0 Å². The van der Waals surface area contributed by atoms with E-state index in [0.717, 1.165) is 23.6 Å². The first-order valence-electron chi connectivity index (χ1n) is 8.40. The predicted octanol–water partition coefficient (Wildman–Crippen LogP) is 2.66. The number of nitrogen functional groups attached to an aromatic ring is 1. The van der Waals surface area contributed by atoms with Gasteiger partial charge in [-0.25, -0.2) is 4.98 Å². The highest BCUT2D eigenvalue weighted by Gasteiger charge is 2.15. The summed E-state index contributed by atoms with van der Waals surface area (Å²) in [5.41, 5.74) is 14.4. The summed E-state index contributed by atoms with van der Waals surface area (Å²) in [6.45, 7) is 5.66. The van der Waals surface area contributed by atoms with Crippen molar-refractivity contribution in [1.29, 1.82) is 0 Å². The number of likely N-dealkylation sites (tertiary alicyclic amines) is 1. The molecule has 126 valence electrons. The first-order chi connectivity index (χ1) is 11.5. The summed E-state index contributed by atoms with van der Waals surface area (Å²) in [7, 11) is 0. The van der Waals surface area contributed by atoms with Crippen LogP contribution in [-0.2, 0) is 6.54 Å². The number of rotatable bonds is 4. The summed E-state index contributed by atoms with van der Waals surface area (Å²) >= 11 is 0. The van der Waals surface area contributed by atoms with Crippen LogP contribution in [-0.4, -0.2) is 28.9 Å². The fourth-order valence-corrected chi connectivity index (χ4v) is 3.11. The van der Waals surface area contributed by atoms with Gasteiger partial charge >= 0.3 is 0 Å². The first-order valence-corrected chi connectivity index (χ1v) is 8.40. The van der Waals surface area contributed by atoms with Crippen molar-refractivity contribution in [2.75, 3.05) is 18.8 Å². The van der Waals surface area contributed by atoms with Gasteiger partial charge in [0, 0.05) is 18.3 Å². The number of hydrogen-bond acceptors (Lipinski definition) is 4. The van der Waals surface area contributed by atoms with Crippen LogP contribution in [0, 0.1) is 5.92 Å². The van der Waals surface area contributed by atoms with E-state index in [1.165, 1.54) is 31.5 Å². The predicted molar refractivity (Wildman–Crippen MR) is 96.3 cm³/mol. The minimum Gasteiger partial charge on any atom is -0.383 e. The van der Waals surface area contributed by atoms with E-state index in [0.29, 0.717) is 0 Å². The Hall–Kier alpha value is -2.40. The fraction of sp³-hybridized carbons (Fsp3) is 0.368. The Morgan fingerprint density at radius 1 is 1.21 bits per heavy atom. The van der Waals surface area contributed by atoms with E-state index in [1.54, 1.807) is 12.3 Å². The quantitative estimate of drug-likeness (QED) is 0.905. The molecule has 5 nitrogen and oxygen atoms in total. The largest absolute Gasteiger partial charge is 0.383 e. The summed E-state index contributed by atoms with van der Waals surface area (Å²) in [5, 5.41) is 0. The maximum Gasteiger partial charge on any atom is 0.252 e. The average molecular weight is 324 g/mol. The Bertz CT molecular complexity index is 719. The molecule has 2 heterocycles. The van der Waals surface area contributed by atoms with E-state index in [-0.39, 0.29) is 11.4 Å². The van der Waals surface area contributed by atoms with Crippen LogP contribution < -0.4 is 11.5 Å². The van der Waals surface area contributed by atoms with Crippen LogP contribution in [0.25, 0.3) is 11.1 Å². The second-order valence-electron chi connectivity index (χ2n) is 6.68. The number of primary amides is 1. The van der Waals surface area contributed by atoms with E-state index in [1.807, 2.05) is 0 Å². The standard InChI is InChI=1S/C19H24N4O/c1-13-6-8-23(9-7-13)12-14-2-4-15(5-3-14)16-10-17(19(21)24)18(20)22-11-16/h2-5,10-11,13H,6-9,12H2,1H3,(H2,20,22)(H2,21,24). The minimum atomic E-state index is -0.558. The number of amides is 1. The van der Waals surface area contributed by atoms with Gasteiger partial charge in [-0.2, -0.15) is 0 Å². The molecule has 0 bridgehead atoms. The SMILES string of the molecule is CC1CCN(Cc2ccc(-c3cnc(N)c(C(N)=O)c3)cc2)CC1. The molecule has 0 unspecified atom stereocenters. The van der Waals surface area contributed by atoms with Gasteiger partial charge in [0.15, 0.2) is 0 Å². The van der Waals surface area contributed by atoms with Gasteiger partial charge < -0.3 is 11.5 Å². The summed E-state index contributed by atoms with van der Waals surface area (Å²) in [5.74, 6) is 0.459. The molecule has 1 saturated heterocycles. The topological polar surface area (TPSA) is 85.2 Å². The number of piperidine rings is 1. The summed E-state index contributed by atoms with van der Waals surface area (Å²) < 4.78 is 0. The molecule has 2 aromatic rings. The van der Waals surface area contributed by atoms with E-state index in [2.05, 4.69) is 41.1 Å². The van der Waals surface area contributed by atoms with Gasteiger partial charge in [-0.05, 0) is 49.0 Å². The van der Waals surface area contributed by atoms with Crippen molar-refractivity contribution < 1.29 is 4.79 Å². The Kier molecular flexibility index (Phi) is 4.81. The Balaban J connectivity index is 1.72. The van der Waals surface area contributed by atoms with Crippen LogP contribution in [0.15, 0.2) is 36.5 Å². The average Bonchev–Trinajstić information content (AvgIpc) is 2.58. The highest BCUT2D eigenvalue weighted by molar-refractivity contribution is 5.98. The van der Waals surface area contributed by atoms with E-state index in [4.69, 9.17) is 11.5 Å². The Morgan fingerprint density at radius 2 is 1.88 bits per heavy atom. The zero-order valence-corrected chi connectivity index (χ0v) is 14.0. The second-order valence-corrected chi connectivity index (χ2v) is 6.68. The highest BCUT2D eigenvalue weighted by atomic mass is 16.1. The molecule has 0 radical (unpaired) electrons. The van der Waals surface area contributed by atoms with E-state index < -0.39 is 5.91 Å². The number of benzene rings is 1. The van der Waals surface area contributed by atoms with Gasteiger partial charge in [-0.1, -0.05) is 31.2 Å². The van der Waals surface area contributed by atoms with Crippen molar-refractivity contribution in [1.82, 2.24) is 9.88 Å². The molecule has 1 amide bonds. The van der Waals surface area contributed by atoms with E-state index in [9.17, 15) is 4.79 Å². The molecule has 24 heavy (non-hydrogen) atoms. The van der Waals surface area contributed by atoms with Gasteiger partial charge in [-0.15, -0.1) is 0 Å². The van der Waals surface area contributed by atoms with Gasteiger partial charge in [-0.3, -0.25) is 9.69 Å². The van der Waals surface area contributed by atoms with Crippen molar-refractivity contribution in [3.63, 3.8) is 0 Å². The molecular weight excluding hydrogens is 300 g/mol. The van der Waals surface area contributed by atoms with Crippen molar-refractivity contribution >= 4 is 11.7 Å². The maximum absolute atomic E-state index is 11.4. The molecule has 0 aliphatic carbocycles. The van der Waals surface area contributed by atoms with Crippen LogP contribution in [0.2, 0.25) is 0 Å². The van der Waals surface area contributed by atoms with Crippen molar-refractivity contribution in [2.24, 2.45) is 11.7 Å². The lowest BCUT2D eigenvalue weighted by molar-refractivity contribution is 0.100. The van der Waals surface area contributed by atoms with Crippen LogP contribution in [0.3, 0.4) is 0 Å². The van der Waals surface area contributed by atoms with Gasteiger partial charge in [0.25, 0.3) is 5.91 Å². The zero-order chi connectivity index (χ0) is 17.1. The molecular formula is C19H24N4O. The van der Waals surface area contributed by atoms with Crippen LogP contribution in [0.1, 0.15) is 35.7 Å². The molecule has 0 saturated carbocycles. The number of nitrogens with zero attached hydrogens (tertiary/aromatic N) is 2. The maximum atomic E-state index is 11.4. The molecule has 1 aromatic heterocycles. The molecule has 1 aliphatic heterocycles. The lowest BCUT2D eigenvalue weighted by Gasteiger charge is -2.30. The number of nitrogens with two attached hydrogens (primary N) is 2. The number of anilines is 1. The normalized spacial score (nSPS) is 16.2. The van der Waals surface area contributed by atoms with Gasteiger partial charge in [0.1, 0.15) is 5.82 Å². The van der Waals surface area contributed by atoms with Gasteiger partial charge in [0.05, 0.1) is 5.56 Å². The fourth-order valence-electron chi connectivity index (χ4n) is 3.11. The number of aromatic nitrogens is 1. The third kappa shape index (κ3) is 3.74. The summed E-state index contributed by atoms with van der Waals surface area (Å²) in [4.78, 5) is 18.0. The minimum absolute atomic E-state index is 0.169. The number of pyridine rings is 1. The van der Waals surface area contributed by atoms with Crippen LogP contribution in [0.4, 0.5) is 5.82 Å². The Morgan fingerprint density at radius 3 is 2.50 bits per heavy atom. The number of carbonyl (C=O) groups excluding carboxylic acids is 1. The van der Waals surface area contributed by atoms with Crippen molar-refractivity contribution in [3.8, 4) is 11.1 Å². The highest BCUT2D eigenvalue weighted by Crippen LogP contribution is 2.23.